The molecular weight excluding hydrogens is 459 g/mol. The van der Waals surface area contributed by atoms with Crippen molar-refractivity contribution in [1.82, 2.24) is 5.42 Å². The van der Waals surface area contributed by atoms with Crippen LogP contribution in [0.4, 0.5) is 0 Å². The summed E-state index contributed by atoms with van der Waals surface area (Å²) in [6.45, 7) is 3.80. The van der Waals surface area contributed by atoms with Crippen LogP contribution in [-0.4, -0.2) is 53.6 Å². The fourth-order valence-electron chi connectivity index (χ4n) is 2.47. The molecule has 2 aromatic rings. The molecule has 1 aliphatic heterocycles. The first kappa shape index (κ1) is 14.8. The van der Waals surface area contributed by atoms with Crippen LogP contribution < -0.4 is 0 Å². The van der Waals surface area contributed by atoms with Gasteiger partial charge in [-0.15, -0.1) is 0 Å². The summed E-state index contributed by atoms with van der Waals surface area (Å²) in [6.07, 6.45) is 0. The van der Waals surface area contributed by atoms with Crippen LogP contribution in [0.3, 0.4) is 0 Å². The number of benzene rings is 2. The number of para-hydroxylation sites is 2. The average Bonchev–Trinajstić information content (AvgIpc) is 2.91. The molecule has 1 fully saturated rings. The van der Waals surface area contributed by atoms with Crippen molar-refractivity contribution in [2.75, 3.05) is 13.1 Å². The quantitative estimate of drug-likeness (QED) is 0.661. The monoisotopic (exact) mass is 478 g/mol. The minimum absolute atomic E-state index is 0.389. The fraction of sp³-hybridized carbons (Fsp3) is 0.250. The summed E-state index contributed by atoms with van der Waals surface area (Å²) in [5, 5.41) is 19.7. The molecule has 3 rings (SSSR count). The Morgan fingerprint density at radius 2 is 1.19 bits per heavy atom. The normalized spacial score (nSPS) is 16.4. The van der Waals surface area contributed by atoms with Crippen molar-refractivity contribution in [3.8, 4) is 11.5 Å². The minimum atomic E-state index is -1.05. The van der Waals surface area contributed by atoms with Crippen molar-refractivity contribution < 1.29 is 10.2 Å². The zero-order valence-corrected chi connectivity index (χ0v) is 15.6. The Balaban J connectivity index is 1.59. The Kier molecular flexibility index (Phi) is 4.77. The second-order valence-electron chi connectivity index (χ2n) is 5.20. The Labute approximate surface area is 137 Å². The zero-order valence-electron chi connectivity index (χ0n) is 11.7. The molecule has 1 aliphatic rings. The van der Waals surface area contributed by atoms with Crippen LogP contribution in [0.15, 0.2) is 48.5 Å². The number of rotatable bonds is 4. The van der Waals surface area contributed by atoms with Crippen molar-refractivity contribution in [1.29, 1.82) is 0 Å². The predicted molar refractivity (Wildman–Crippen MR) is 82.8 cm³/mol. The molecule has 21 heavy (non-hydrogen) atoms. The topological polar surface area (TPSA) is 46.9 Å². The van der Waals surface area contributed by atoms with Gasteiger partial charge in [0.2, 0.25) is 0 Å². The summed E-state index contributed by atoms with van der Waals surface area (Å²) >= 11 is -1.05. The van der Waals surface area contributed by atoms with Crippen molar-refractivity contribution in [3.05, 3.63) is 59.7 Å². The van der Waals surface area contributed by atoms with Crippen LogP contribution >= 0.6 is 0 Å². The van der Waals surface area contributed by atoms with E-state index in [1.165, 1.54) is 0 Å². The number of aromatic hydroxyl groups is 2. The van der Waals surface area contributed by atoms with E-state index in [0.717, 1.165) is 37.3 Å². The van der Waals surface area contributed by atoms with Gasteiger partial charge in [-0.05, 0) is 0 Å². The molecule has 1 heterocycles. The van der Waals surface area contributed by atoms with Gasteiger partial charge in [0, 0.05) is 0 Å². The first-order chi connectivity index (χ1) is 10.2. The van der Waals surface area contributed by atoms with E-state index in [1.54, 1.807) is 12.1 Å². The molecule has 4 nitrogen and oxygen atoms in total. The maximum absolute atomic E-state index is 9.86. The third kappa shape index (κ3) is 3.75. The average molecular weight is 478 g/mol. The van der Waals surface area contributed by atoms with Crippen LogP contribution in [0, 0.1) is 0 Å². The van der Waals surface area contributed by atoms with Crippen LogP contribution in [-0.2, 0) is 13.1 Å². The van der Waals surface area contributed by atoms with Crippen LogP contribution in [0.2, 0.25) is 0 Å². The van der Waals surface area contributed by atoms with Crippen molar-refractivity contribution in [2.45, 2.75) is 13.1 Å². The summed E-state index contributed by atoms with van der Waals surface area (Å²) in [7, 11) is 0. The predicted octanol–water partition coefficient (Wildman–Crippen LogP) is 1.95. The summed E-state index contributed by atoms with van der Waals surface area (Å²) in [5.41, 5.74) is 2.02. The van der Waals surface area contributed by atoms with E-state index in [0.29, 0.717) is 11.5 Å². The molecule has 2 aromatic carbocycles. The summed E-state index contributed by atoms with van der Waals surface area (Å²) in [6, 6.07) is 15.1. The number of phenolic OH excluding ortho intramolecular Hbond substituents is 2. The molecule has 0 amide bonds. The molecule has 0 atom stereocenters. The third-order valence-electron chi connectivity index (χ3n) is 3.63. The van der Waals surface area contributed by atoms with Gasteiger partial charge in [-0.3, -0.25) is 0 Å². The van der Waals surface area contributed by atoms with Gasteiger partial charge in [0.15, 0.2) is 0 Å². The van der Waals surface area contributed by atoms with Gasteiger partial charge in [0.25, 0.3) is 0 Å². The molecule has 0 saturated carbocycles. The van der Waals surface area contributed by atoms with E-state index in [-0.39, 0.29) is 0 Å². The summed E-state index contributed by atoms with van der Waals surface area (Å²) in [4.78, 5) is 0. The first-order valence-electron chi connectivity index (χ1n) is 7.02. The number of hydrogen-bond donors (Lipinski definition) is 2. The first-order valence-corrected chi connectivity index (χ1v) is 10.5. The SMILES string of the molecule is Oc1ccccc1C[N]1CC[N](Cc2ccccc2O)[Pb]1. The van der Waals surface area contributed by atoms with E-state index in [1.807, 2.05) is 36.4 Å². The molecule has 2 radical (unpaired) electrons. The van der Waals surface area contributed by atoms with Gasteiger partial charge >= 0.3 is 138 Å². The van der Waals surface area contributed by atoms with E-state index in [2.05, 4.69) is 5.42 Å². The molecular formula is C16H18N2O2Pb. The van der Waals surface area contributed by atoms with E-state index in [9.17, 15) is 10.2 Å². The summed E-state index contributed by atoms with van der Waals surface area (Å²) in [5.74, 6) is 0.778. The Bertz CT molecular complexity index is 567. The molecule has 0 unspecified atom stereocenters. The molecule has 0 spiro atoms. The Morgan fingerprint density at radius 1 is 0.762 bits per heavy atom. The molecule has 0 aromatic heterocycles. The summed E-state index contributed by atoms with van der Waals surface area (Å²) < 4.78 is 4.99. The number of phenols is 2. The van der Waals surface area contributed by atoms with Crippen molar-refractivity contribution in [2.24, 2.45) is 0 Å². The Hall–Kier alpha value is -1.12. The van der Waals surface area contributed by atoms with Crippen LogP contribution in [0.5, 0.6) is 11.5 Å². The van der Waals surface area contributed by atoms with Gasteiger partial charge in [-0.2, -0.15) is 0 Å². The maximum atomic E-state index is 9.86. The standard InChI is InChI=1S/C16H18N2O2.Pb/c19-15-7-3-1-5-13(15)11-17-9-10-18-12-14-6-2-4-8-16(14)20;/h1-8,19-20H,9-12H2;/q-2;+2. The van der Waals surface area contributed by atoms with Crippen LogP contribution in [0.25, 0.3) is 0 Å². The van der Waals surface area contributed by atoms with Gasteiger partial charge in [0.05, 0.1) is 0 Å². The van der Waals surface area contributed by atoms with Gasteiger partial charge in [0.1, 0.15) is 0 Å². The van der Waals surface area contributed by atoms with E-state index >= 15 is 0 Å². The Morgan fingerprint density at radius 3 is 1.62 bits per heavy atom. The molecule has 2 N–H and O–H groups in total. The second-order valence-corrected chi connectivity index (χ2v) is 10.9. The molecule has 1 saturated heterocycles. The van der Waals surface area contributed by atoms with Crippen molar-refractivity contribution >= 4 is 24.8 Å². The molecule has 0 aliphatic carbocycles. The molecule has 5 heteroatoms. The molecule has 0 bridgehead atoms. The van der Waals surface area contributed by atoms with Crippen LogP contribution in [0.1, 0.15) is 11.1 Å². The zero-order chi connectivity index (χ0) is 14.7. The number of nitrogens with zero attached hydrogens (tertiary/aromatic N) is 2. The van der Waals surface area contributed by atoms with E-state index < -0.39 is 24.8 Å². The number of hydrogen-bond acceptors (Lipinski definition) is 4. The third-order valence-corrected chi connectivity index (χ3v) is 8.80. The fourth-order valence-corrected chi connectivity index (χ4v) is 7.45. The molecule has 108 valence electrons. The van der Waals surface area contributed by atoms with E-state index in [4.69, 9.17) is 0 Å². The van der Waals surface area contributed by atoms with Gasteiger partial charge < -0.3 is 0 Å². The van der Waals surface area contributed by atoms with Gasteiger partial charge in [-0.25, -0.2) is 0 Å². The van der Waals surface area contributed by atoms with Crippen molar-refractivity contribution in [3.63, 3.8) is 0 Å². The second kappa shape index (κ2) is 6.76. The van der Waals surface area contributed by atoms with Gasteiger partial charge in [-0.1, -0.05) is 0 Å².